The first kappa shape index (κ1) is 19.6. The summed E-state index contributed by atoms with van der Waals surface area (Å²) in [5, 5.41) is 2.65. The van der Waals surface area contributed by atoms with Crippen LogP contribution in [0.5, 0.6) is 0 Å². The summed E-state index contributed by atoms with van der Waals surface area (Å²) in [7, 11) is 0.301. The van der Waals surface area contributed by atoms with E-state index in [2.05, 4.69) is 28.9 Å². The fourth-order valence-electron chi connectivity index (χ4n) is 3.21. The second-order valence-electron chi connectivity index (χ2n) is 6.93. The molecule has 0 aliphatic carbocycles. The highest BCUT2D eigenvalue weighted by Crippen LogP contribution is 2.28. The van der Waals surface area contributed by atoms with Crippen molar-refractivity contribution in [2.75, 3.05) is 5.32 Å². The number of nitrogens with one attached hydrogen (secondary N) is 2. The zero-order chi connectivity index (χ0) is 19.7. The topological polar surface area (TPSA) is 76.0 Å². The van der Waals surface area contributed by atoms with Crippen molar-refractivity contribution in [1.82, 2.24) is 14.3 Å². The molecule has 3 rings (SSSR count). The van der Waals surface area contributed by atoms with Crippen LogP contribution >= 0.6 is 0 Å². The minimum atomic E-state index is -2.71. The fraction of sp³-hybridized carbons (Fsp3) is 0.444. The first-order valence-electron chi connectivity index (χ1n) is 8.69. The Hall–Kier alpha value is -2.13. The van der Waals surface area contributed by atoms with E-state index < -0.39 is 29.0 Å². The summed E-state index contributed by atoms with van der Waals surface area (Å²) in [6.07, 6.45) is 1.57. The van der Waals surface area contributed by atoms with Gasteiger partial charge in [-0.2, -0.15) is 0 Å². The Morgan fingerprint density at radius 1 is 1.44 bits per heavy atom. The molecule has 1 aliphatic heterocycles. The molecule has 0 bridgehead atoms. The summed E-state index contributed by atoms with van der Waals surface area (Å²) < 4.78 is 43.0. The number of amides is 1. The van der Waals surface area contributed by atoms with Gasteiger partial charge in [0.05, 0.1) is 4.90 Å². The van der Waals surface area contributed by atoms with E-state index in [4.69, 9.17) is 0 Å². The second-order valence-corrected chi connectivity index (χ2v) is 8.14. The number of hydrogen-bond donors (Lipinski definition) is 2. The number of pyridine rings is 1. The highest BCUT2D eigenvalue weighted by molar-refractivity contribution is 7.83. The molecule has 9 heteroatoms. The zero-order valence-electron chi connectivity index (χ0n) is 15.3. The minimum Gasteiger partial charge on any atom is -0.345 e. The maximum atomic E-state index is 12.8. The van der Waals surface area contributed by atoms with E-state index in [0.29, 0.717) is 22.9 Å². The summed E-state index contributed by atoms with van der Waals surface area (Å²) in [5.74, 6) is -0.112. The second kappa shape index (κ2) is 7.85. The summed E-state index contributed by atoms with van der Waals surface area (Å²) in [4.78, 5) is 17.0. The number of aryl methyl sites for hydroxylation is 1. The molecule has 0 saturated heterocycles. The van der Waals surface area contributed by atoms with E-state index in [9.17, 15) is 17.8 Å². The lowest BCUT2D eigenvalue weighted by atomic mass is 9.97. The highest BCUT2D eigenvalue weighted by atomic mass is 32.2. The summed E-state index contributed by atoms with van der Waals surface area (Å²) in [6.45, 7) is 4.12. The van der Waals surface area contributed by atoms with Crippen molar-refractivity contribution in [1.29, 1.82) is 0 Å². The smallest absolute Gasteiger partial charge is 0.280 e. The molecule has 1 aliphatic rings. The first-order chi connectivity index (χ1) is 12.8. The number of carbonyl (C=O) groups excluding carboxylic acids is 1. The van der Waals surface area contributed by atoms with Crippen LogP contribution < -0.4 is 10.0 Å². The van der Waals surface area contributed by atoms with Gasteiger partial charge in [-0.1, -0.05) is 13.8 Å². The largest absolute Gasteiger partial charge is 0.345 e. The lowest BCUT2D eigenvalue weighted by Gasteiger charge is -2.18. The van der Waals surface area contributed by atoms with E-state index in [-0.39, 0.29) is 11.7 Å². The van der Waals surface area contributed by atoms with Gasteiger partial charge >= 0.3 is 0 Å². The summed E-state index contributed by atoms with van der Waals surface area (Å²) in [5.41, 5.74) is 0.962. The average molecular weight is 396 g/mol. The number of carbonyl (C=O) groups is 1. The van der Waals surface area contributed by atoms with Gasteiger partial charge in [0.25, 0.3) is 12.3 Å². The van der Waals surface area contributed by atoms with Crippen molar-refractivity contribution in [2.45, 2.75) is 44.1 Å². The third-order valence-corrected chi connectivity index (χ3v) is 5.96. The molecule has 2 aromatic rings. The van der Waals surface area contributed by atoms with Gasteiger partial charge in [0.1, 0.15) is 22.4 Å². The molecule has 2 atom stereocenters. The quantitative estimate of drug-likeness (QED) is 0.833. The monoisotopic (exact) mass is 396 g/mol. The van der Waals surface area contributed by atoms with Gasteiger partial charge in [-0.05, 0) is 30.9 Å². The Balaban J connectivity index is 1.89. The summed E-state index contributed by atoms with van der Waals surface area (Å²) >= 11 is 0. The Kier molecular flexibility index (Phi) is 5.71. The standard InChI is InChI=1S/C18H22F2N4O2S/c1-10(2)13-5-4-12-15(27(26)23-13)9-24(3)16(12)18(25)22-11-6-7-21-14(8-11)17(19)20/h6-10,13,17,23H,4-5H2,1-3H3,(H,21,22,25). The van der Waals surface area contributed by atoms with Crippen LogP contribution in [0.1, 0.15) is 48.4 Å². The number of aromatic nitrogens is 2. The lowest BCUT2D eigenvalue weighted by Crippen LogP contribution is -2.34. The zero-order valence-corrected chi connectivity index (χ0v) is 16.1. The molecule has 0 aromatic carbocycles. The number of hydrogen-bond acceptors (Lipinski definition) is 3. The number of fused-ring (bicyclic) bond motifs is 1. The van der Waals surface area contributed by atoms with E-state index in [1.807, 2.05) is 0 Å². The van der Waals surface area contributed by atoms with Crippen LogP contribution in [0.15, 0.2) is 29.4 Å². The van der Waals surface area contributed by atoms with Crippen molar-refractivity contribution in [2.24, 2.45) is 13.0 Å². The number of anilines is 1. The maximum Gasteiger partial charge on any atom is 0.280 e. The van der Waals surface area contributed by atoms with Gasteiger partial charge < -0.3 is 9.88 Å². The SMILES string of the molecule is CC(C)C1CCc2c(cn(C)c2C(=O)Nc2ccnc(C(F)F)c2)S(=O)N1. The van der Waals surface area contributed by atoms with E-state index in [1.165, 1.54) is 12.3 Å². The molecule has 0 fully saturated rings. The highest BCUT2D eigenvalue weighted by Gasteiger charge is 2.29. The first-order valence-corrected chi connectivity index (χ1v) is 9.84. The minimum absolute atomic E-state index is 0.0910. The molecule has 6 nitrogen and oxygen atoms in total. The summed E-state index contributed by atoms with van der Waals surface area (Å²) in [6, 6.07) is 2.70. The molecular weight excluding hydrogens is 374 g/mol. The van der Waals surface area contributed by atoms with Crippen LogP contribution in [-0.2, 0) is 24.5 Å². The van der Waals surface area contributed by atoms with Gasteiger partial charge in [-0.3, -0.25) is 9.78 Å². The Bertz CT molecular complexity index is 882. The molecule has 1 amide bonds. The van der Waals surface area contributed by atoms with Crippen molar-refractivity contribution in [3.8, 4) is 0 Å². The molecule has 3 heterocycles. The van der Waals surface area contributed by atoms with Crippen molar-refractivity contribution < 1.29 is 17.8 Å². The van der Waals surface area contributed by atoms with Crippen molar-refractivity contribution in [3.05, 3.63) is 41.5 Å². The van der Waals surface area contributed by atoms with Crippen LogP contribution in [0.2, 0.25) is 0 Å². The van der Waals surface area contributed by atoms with Gasteiger partial charge in [0.15, 0.2) is 0 Å². The predicted octanol–water partition coefficient (Wildman–Crippen LogP) is 3.19. The molecule has 0 saturated carbocycles. The van der Waals surface area contributed by atoms with Crippen LogP contribution in [0.3, 0.4) is 0 Å². The molecule has 27 heavy (non-hydrogen) atoms. The van der Waals surface area contributed by atoms with Crippen LogP contribution in [0.25, 0.3) is 0 Å². The van der Waals surface area contributed by atoms with Gasteiger partial charge in [0.2, 0.25) is 0 Å². The normalized spacial score (nSPS) is 19.8. The number of alkyl halides is 2. The third-order valence-electron chi connectivity index (χ3n) is 4.69. The Morgan fingerprint density at radius 2 is 2.19 bits per heavy atom. The molecule has 0 spiro atoms. The molecule has 2 N–H and O–H groups in total. The molecule has 0 radical (unpaired) electrons. The van der Waals surface area contributed by atoms with E-state index in [1.54, 1.807) is 17.8 Å². The molecular formula is C18H22F2N4O2S. The molecule has 146 valence electrons. The average Bonchev–Trinajstić information content (AvgIpc) is 2.86. The van der Waals surface area contributed by atoms with Crippen LogP contribution in [0, 0.1) is 5.92 Å². The Labute approximate surface area is 159 Å². The number of rotatable bonds is 4. The van der Waals surface area contributed by atoms with Crippen LogP contribution in [0.4, 0.5) is 14.5 Å². The number of nitrogens with zero attached hydrogens (tertiary/aromatic N) is 2. The third kappa shape index (κ3) is 4.08. The Morgan fingerprint density at radius 3 is 2.85 bits per heavy atom. The molecule has 2 unspecified atom stereocenters. The van der Waals surface area contributed by atoms with E-state index in [0.717, 1.165) is 18.1 Å². The van der Waals surface area contributed by atoms with Crippen molar-refractivity contribution in [3.63, 3.8) is 0 Å². The fourth-order valence-corrected chi connectivity index (χ4v) is 4.68. The molecule has 2 aromatic heterocycles. The van der Waals surface area contributed by atoms with Crippen LogP contribution in [-0.4, -0.2) is 25.7 Å². The van der Waals surface area contributed by atoms with Gasteiger partial charge in [-0.15, -0.1) is 0 Å². The van der Waals surface area contributed by atoms with Gasteiger partial charge in [0, 0.05) is 36.7 Å². The lowest BCUT2D eigenvalue weighted by molar-refractivity contribution is 0.101. The van der Waals surface area contributed by atoms with Gasteiger partial charge in [-0.25, -0.2) is 17.7 Å². The predicted molar refractivity (Wildman–Crippen MR) is 99.1 cm³/mol. The van der Waals surface area contributed by atoms with Crippen molar-refractivity contribution >= 4 is 22.6 Å². The maximum absolute atomic E-state index is 12.8. The number of halogens is 2. The van der Waals surface area contributed by atoms with E-state index >= 15 is 0 Å².